The number of carbonyl (C=O) groups is 4. The number of methoxy groups -OCH3 is 1. The molecule has 0 atom stereocenters. The van der Waals surface area contributed by atoms with Crippen molar-refractivity contribution in [2.75, 3.05) is 7.11 Å². The molecule has 0 saturated heterocycles. The SMILES string of the molecule is COc1ccc(C(=O)Oc2ccc(/C=C/C(=O)Oc3c(Br)cc4ccccc4c3-c3c(OC(=O)/C=C/c4ccc(OC(=O)c5ccccc5)cc4)c(Br)cc4ccccc34)cc2)cc1. The van der Waals surface area contributed by atoms with E-state index in [2.05, 4.69) is 31.9 Å². The van der Waals surface area contributed by atoms with Gasteiger partial charge < -0.3 is 23.7 Å². The number of rotatable bonds is 12. The van der Waals surface area contributed by atoms with Crippen LogP contribution < -0.4 is 23.7 Å². The lowest BCUT2D eigenvalue weighted by atomic mass is 9.92. The molecule has 0 spiro atoms. The maximum atomic E-state index is 13.7. The number of esters is 4. The van der Waals surface area contributed by atoms with Gasteiger partial charge in [0.2, 0.25) is 0 Å². The molecule has 11 heteroatoms. The molecule has 8 aromatic rings. The van der Waals surface area contributed by atoms with Crippen molar-refractivity contribution in [2.24, 2.45) is 0 Å². The summed E-state index contributed by atoms with van der Waals surface area (Å²) >= 11 is 7.35. The van der Waals surface area contributed by atoms with Gasteiger partial charge in [-0.05, 0) is 149 Å². The second-order valence-electron chi connectivity index (χ2n) is 14.1. The van der Waals surface area contributed by atoms with Gasteiger partial charge in [0.1, 0.15) is 17.2 Å². The van der Waals surface area contributed by atoms with E-state index in [4.69, 9.17) is 23.7 Å². The number of hydrogen-bond donors (Lipinski definition) is 0. The number of halogens is 2. The Balaban J connectivity index is 1.06. The van der Waals surface area contributed by atoms with Gasteiger partial charge in [-0.3, -0.25) is 0 Å². The molecule has 314 valence electrons. The molecular formula is C53H34Br2O9. The van der Waals surface area contributed by atoms with Crippen LogP contribution in [0.1, 0.15) is 31.8 Å². The maximum Gasteiger partial charge on any atom is 0.343 e. The molecule has 0 fully saturated rings. The summed E-state index contributed by atoms with van der Waals surface area (Å²) in [5.74, 6) is -0.619. The summed E-state index contributed by atoms with van der Waals surface area (Å²) in [5, 5.41) is 3.15. The highest BCUT2D eigenvalue weighted by Gasteiger charge is 2.25. The highest BCUT2D eigenvalue weighted by atomic mass is 79.9. The van der Waals surface area contributed by atoms with Crippen LogP contribution in [0.2, 0.25) is 0 Å². The van der Waals surface area contributed by atoms with Crippen molar-refractivity contribution in [1.82, 2.24) is 0 Å². The second kappa shape index (κ2) is 19.6. The lowest BCUT2D eigenvalue weighted by Gasteiger charge is -2.20. The number of carbonyl (C=O) groups excluding carboxylic acids is 4. The molecule has 0 amide bonds. The fourth-order valence-electron chi connectivity index (χ4n) is 6.81. The largest absolute Gasteiger partial charge is 0.497 e. The smallest absolute Gasteiger partial charge is 0.343 e. The van der Waals surface area contributed by atoms with Crippen LogP contribution in [-0.2, 0) is 9.59 Å². The quantitative estimate of drug-likeness (QED) is 0.0670. The lowest BCUT2D eigenvalue weighted by molar-refractivity contribution is -0.129. The lowest BCUT2D eigenvalue weighted by Crippen LogP contribution is -2.09. The van der Waals surface area contributed by atoms with E-state index in [0.717, 1.165) is 21.5 Å². The van der Waals surface area contributed by atoms with Crippen molar-refractivity contribution in [3.8, 4) is 39.9 Å². The van der Waals surface area contributed by atoms with Gasteiger partial charge in [0.05, 0.1) is 27.2 Å². The van der Waals surface area contributed by atoms with Crippen molar-refractivity contribution >= 4 is 89.4 Å². The van der Waals surface area contributed by atoms with Gasteiger partial charge in [0.25, 0.3) is 0 Å². The molecule has 0 N–H and O–H groups in total. The Hall–Kier alpha value is -7.60. The first-order valence-electron chi connectivity index (χ1n) is 19.7. The summed E-state index contributed by atoms with van der Waals surface area (Å²) in [6.45, 7) is 0. The summed E-state index contributed by atoms with van der Waals surface area (Å²) in [7, 11) is 1.55. The normalized spacial score (nSPS) is 11.2. The van der Waals surface area contributed by atoms with Crippen LogP contribution in [0.5, 0.6) is 28.7 Å². The summed E-state index contributed by atoms with van der Waals surface area (Å²) in [6, 6.07) is 47.7. The van der Waals surface area contributed by atoms with Crippen LogP contribution in [0.15, 0.2) is 185 Å². The zero-order chi connectivity index (χ0) is 44.6. The molecule has 0 radical (unpaired) electrons. The van der Waals surface area contributed by atoms with E-state index >= 15 is 0 Å². The van der Waals surface area contributed by atoms with Gasteiger partial charge in [0.15, 0.2) is 11.5 Å². The second-order valence-corrected chi connectivity index (χ2v) is 15.8. The Labute approximate surface area is 384 Å². The third-order valence-electron chi connectivity index (χ3n) is 9.91. The minimum atomic E-state index is -0.672. The van der Waals surface area contributed by atoms with Gasteiger partial charge in [0, 0.05) is 23.3 Å². The Bertz CT molecular complexity index is 3110. The first-order valence-corrected chi connectivity index (χ1v) is 21.3. The van der Waals surface area contributed by atoms with Crippen molar-refractivity contribution < 1.29 is 42.9 Å². The fraction of sp³-hybridized carbons (Fsp3) is 0.0189. The van der Waals surface area contributed by atoms with E-state index in [-0.39, 0.29) is 11.5 Å². The fourth-order valence-corrected chi connectivity index (χ4v) is 7.86. The van der Waals surface area contributed by atoms with Gasteiger partial charge in [-0.2, -0.15) is 0 Å². The number of ether oxygens (including phenoxy) is 5. The summed E-state index contributed by atoms with van der Waals surface area (Å²) in [6.07, 6.45) is 5.79. The minimum Gasteiger partial charge on any atom is -0.497 e. The van der Waals surface area contributed by atoms with Crippen molar-refractivity contribution in [1.29, 1.82) is 0 Å². The van der Waals surface area contributed by atoms with Gasteiger partial charge in [-0.1, -0.05) is 91.0 Å². The molecular weight excluding hydrogens is 940 g/mol. The van der Waals surface area contributed by atoms with E-state index in [1.807, 2.05) is 66.7 Å². The molecule has 0 unspecified atom stereocenters. The topological polar surface area (TPSA) is 114 Å². The Morgan fingerprint density at radius 3 is 1.27 bits per heavy atom. The molecule has 0 bridgehead atoms. The van der Waals surface area contributed by atoms with Gasteiger partial charge in [-0.15, -0.1) is 0 Å². The predicted molar refractivity (Wildman–Crippen MR) is 254 cm³/mol. The molecule has 0 saturated carbocycles. The molecule has 0 aliphatic heterocycles. The van der Waals surface area contributed by atoms with Crippen LogP contribution in [0.25, 0.3) is 44.8 Å². The summed E-state index contributed by atoms with van der Waals surface area (Å²) < 4.78 is 29.5. The summed E-state index contributed by atoms with van der Waals surface area (Å²) in [4.78, 5) is 52.5. The maximum absolute atomic E-state index is 13.7. The number of benzene rings is 8. The van der Waals surface area contributed by atoms with Gasteiger partial charge >= 0.3 is 23.9 Å². The molecule has 0 aromatic heterocycles. The van der Waals surface area contributed by atoms with Crippen LogP contribution in [0.3, 0.4) is 0 Å². The third-order valence-corrected chi connectivity index (χ3v) is 11.1. The van der Waals surface area contributed by atoms with Crippen molar-refractivity contribution in [3.05, 3.63) is 207 Å². The Morgan fingerprint density at radius 1 is 0.438 bits per heavy atom. The highest BCUT2D eigenvalue weighted by molar-refractivity contribution is 9.11. The van der Waals surface area contributed by atoms with Gasteiger partial charge in [-0.25, -0.2) is 19.2 Å². The van der Waals surface area contributed by atoms with Crippen LogP contribution in [-0.4, -0.2) is 31.0 Å². The number of fused-ring (bicyclic) bond motifs is 2. The molecule has 64 heavy (non-hydrogen) atoms. The monoisotopic (exact) mass is 972 g/mol. The van der Waals surface area contributed by atoms with Crippen LogP contribution in [0.4, 0.5) is 0 Å². The van der Waals surface area contributed by atoms with Crippen molar-refractivity contribution in [3.63, 3.8) is 0 Å². The zero-order valence-electron chi connectivity index (χ0n) is 33.8. The van der Waals surface area contributed by atoms with Crippen molar-refractivity contribution in [2.45, 2.75) is 0 Å². The van der Waals surface area contributed by atoms with E-state index in [1.54, 1.807) is 116 Å². The first kappa shape index (κ1) is 43.1. The minimum absolute atomic E-state index is 0.207. The number of hydrogen-bond acceptors (Lipinski definition) is 9. The van der Waals surface area contributed by atoms with E-state index < -0.39 is 23.9 Å². The Kier molecular flexibility index (Phi) is 13.2. The van der Waals surface area contributed by atoms with Crippen LogP contribution in [0, 0.1) is 0 Å². The predicted octanol–water partition coefficient (Wildman–Crippen LogP) is 12.9. The molecule has 0 heterocycles. The van der Waals surface area contributed by atoms with E-state index in [9.17, 15) is 19.2 Å². The molecule has 8 aromatic carbocycles. The highest BCUT2D eigenvalue weighted by Crippen LogP contribution is 2.51. The average Bonchev–Trinajstić information content (AvgIpc) is 3.32. The molecule has 0 aliphatic carbocycles. The first-order chi connectivity index (χ1) is 31.1. The average molecular weight is 975 g/mol. The third kappa shape index (κ3) is 10.0. The standard InChI is InChI=1S/C53H34Br2O9/c1-60-39-27-21-36(22-28-39)53(59)62-41-25-17-34(18-26-41)20-30-47(57)64-51-45(55)32-38-12-6-8-14-43(38)49(51)48-42-13-7-5-11-37(42)31-44(54)50(48)63-46(56)29-19-33-15-23-40(24-16-33)61-52(58)35-9-3-2-4-10-35/h2-32H,1H3/b29-19+,30-20+. The molecule has 9 nitrogen and oxygen atoms in total. The summed E-state index contributed by atoms with van der Waals surface area (Å²) in [5.41, 5.74) is 3.15. The van der Waals surface area contributed by atoms with E-state index in [1.165, 1.54) is 12.2 Å². The molecule has 0 aliphatic rings. The van der Waals surface area contributed by atoms with Crippen LogP contribution >= 0.6 is 31.9 Å². The Morgan fingerprint density at radius 2 is 0.828 bits per heavy atom. The molecule has 8 rings (SSSR count). The zero-order valence-corrected chi connectivity index (χ0v) is 37.0. The van der Waals surface area contributed by atoms with E-state index in [0.29, 0.717) is 59.6 Å².